The molecule has 0 unspecified atom stereocenters. The molecule has 2 aromatic rings. The molecule has 2 heterocycles. The van der Waals surface area contributed by atoms with Gasteiger partial charge >= 0.3 is 0 Å². The van der Waals surface area contributed by atoms with E-state index >= 15 is 0 Å². The zero-order chi connectivity index (χ0) is 14.2. The zero-order valence-corrected chi connectivity index (χ0v) is 12.5. The zero-order valence-electron chi connectivity index (χ0n) is 11.8. The molecular weight excluding hydrogens is 282 g/mol. The van der Waals surface area contributed by atoms with E-state index in [1.165, 1.54) is 23.2 Å². The quantitative estimate of drug-likeness (QED) is 0.802. The number of benzene rings is 2. The van der Waals surface area contributed by atoms with Gasteiger partial charge in [-0.25, -0.2) is 0 Å². The maximum atomic E-state index is 6.18. The molecular formula is C18H18ClNO. The van der Waals surface area contributed by atoms with Gasteiger partial charge in [0.05, 0.1) is 12.1 Å². The van der Waals surface area contributed by atoms with Gasteiger partial charge in [0, 0.05) is 28.8 Å². The minimum atomic E-state index is 0.195. The Kier molecular flexibility index (Phi) is 3.36. The molecule has 1 saturated heterocycles. The highest BCUT2D eigenvalue weighted by Gasteiger charge is 2.39. The Hall–Kier alpha value is -1.51. The van der Waals surface area contributed by atoms with E-state index in [1.54, 1.807) is 0 Å². The fourth-order valence-electron chi connectivity index (χ4n) is 3.65. The summed E-state index contributed by atoms with van der Waals surface area (Å²) < 4.78 is 6.12. The molecule has 0 bridgehead atoms. The number of rotatable bonds is 1. The molecule has 0 saturated carbocycles. The number of halogens is 1. The van der Waals surface area contributed by atoms with Crippen LogP contribution in [-0.4, -0.2) is 6.61 Å². The maximum Gasteiger partial charge on any atom is 0.0895 e. The Morgan fingerprint density at radius 2 is 2.00 bits per heavy atom. The van der Waals surface area contributed by atoms with Crippen molar-refractivity contribution < 1.29 is 4.74 Å². The molecule has 0 aliphatic carbocycles. The number of hydrogen-bond donors (Lipinski definition) is 1. The molecule has 2 nitrogen and oxygen atoms in total. The van der Waals surface area contributed by atoms with E-state index in [4.69, 9.17) is 16.3 Å². The standard InChI is InChI=1S/C18H18ClNO/c19-13-6-3-5-12(11-13)17-15-8-4-10-21-18(15)14-7-1-2-9-16(14)20-17/h1-3,5-7,9,11,15,17-18,20H,4,8,10H2/t15-,17+,18+/m0/s1. The van der Waals surface area contributed by atoms with Gasteiger partial charge in [-0.05, 0) is 36.6 Å². The molecule has 4 rings (SSSR count). The van der Waals surface area contributed by atoms with Crippen LogP contribution in [0.3, 0.4) is 0 Å². The highest BCUT2D eigenvalue weighted by molar-refractivity contribution is 6.30. The van der Waals surface area contributed by atoms with Gasteiger partial charge in [0.15, 0.2) is 0 Å². The molecule has 0 radical (unpaired) electrons. The van der Waals surface area contributed by atoms with E-state index < -0.39 is 0 Å². The molecule has 2 aliphatic rings. The van der Waals surface area contributed by atoms with Crippen LogP contribution in [0.25, 0.3) is 0 Å². The summed E-state index contributed by atoms with van der Waals surface area (Å²) in [5.74, 6) is 0.465. The van der Waals surface area contributed by atoms with Gasteiger partial charge in [0.25, 0.3) is 0 Å². The predicted octanol–water partition coefficient (Wildman–Crippen LogP) is 4.97. The number of hydrogen-bond acceptors (Lipinski definition) is 2. The van der Waals surface area contributed by atoms with Crippen LogP contribution in [0.2, 0.25) is 5.02 Å². The molecule has 0 aromatic heterocycles. The Balaban J connectivity index is 1.78. The topological polar surface area (TPSA) is 21.3 Å². The molecule has 21 heavy (non-hydrogen) atoms. The largest absolute Gasteiger partial charge is 0.378 e. The van der Waals surface area contributed by atoms with Gasteiger partial charge in [-0.15, -0.1) is 0 Å². The Bertz CT molecular complexity index is 657. The molecule has 1 N–H and O–H groups in total. The monoisotopic (exact) mass is 299 g/mol. The van der Waals surface area contributed by atoms with E-state index in [0.717, 1.165) is 18.1 Å². The van der Waals surface area contributed by atoms with Crippen molar-refractivity contribution in [3.05, 3.63) is 64.7 Å². The summed E-state index contributed by atoms with van der Waals surface area (Å²) in [6, 6.07) is 16.9. The van der Waals surface area contributed by atoms with E-state index in [0.29, 0.717) is 5.92 Å². The van der Waals surface area contributed by atoms with Crippen molar-refractivity contribution in [3.63, 3.8) is 0 Å². The first-order chi connectivity index (χ1) is 10.3. The molecule has 0 amide bonds. The van der Waals surface area contributed by atoms with Crippen molar-refractivity contribution in [2.45, 2.75) is 25.0 Å². The van der Waals surface area contributed by atoms with Crippen molar-refractivity contribution in [1.82, 2.24) is 0 Å². The molecule has 1 fully saturated rings. The van der Waals surface area contributed by atoms with E-state index in [2.05, 4.69) is 41.7 Å². The summed E-state index contributed by atoms with van der Waals surface area (Å²) in [5, 5.41) is 4.49. The fourth-order valence-corrected chi connectivity index (χ4v) is 3.85. The van der Waals surface area contributed by atoms with Crippen molar-refractivity contribution >= 4 is 17.3 Å². The van der Waals surface area contributed by atoms with Crippen LogP contribution in [-0.2, 0) is 4.74 Å². The first kappa shape index (κ1) is 13.2. The van der Waals surface area contributed by atoms with Crippen molar-refractivity contribution in [2.75, 3.05) is 11.9 Å². The van der Waals surface area contributed by atoms with E-state index in [-0.39, 0.29) is 12.1 Å². The van der Waals surface area contributed by atoms with E-state index in [1.807, 2.05) is 12.1 Å². The maximum absolute atomic E-state index is 6.18. The number of nitrogens with one attached hydrogen (secondary N) is 1. The molecule has 2 aliphatic heterocycles. The Labute approximate surface area is 130 Å². The fraction of sp³-hybridized carbons (Fsp3) is 0.333. The van der Waals surface area contributed by atoms with Crippen LogP contribution in [0, 0.1) is 5.92 Å². The second kappa shape index (κ2) is 5.36. The van der Waals surface area contributed by atoms with E-state index in [9.17, 15) is 0 Å². The van der Waals surface area contributed by atoms with Crippen molar-refractivity contribution in [3.8, 4) is 0 Å². The smallest absolute Gasteiger partial charge is 0.0895 e. The summed E-state index contributed by atoms with van der Waals surface area (Å²) >= 11 is 6.18. The molecule has 3 heteroatoms. The first-order valence-corrected chi connectivity index (χ1v) is 7.93. The number of fused-ring (bicyclic) bond motifs is 3. The minimum Gasteiger partial charge on any atom is -0.378 e. The summed E-state index contributed by atoms with van der Waals surface area (Å²) in [6.45, 7) is 0.859. The summed E-state index contributed by atoms with van der Waals surface area (Å²) in [5.41, 5.74) is 3.73. The third-order valence-electron chi connectivity index (χ3n) is 4.58. The third kappa shape index (κ3) is 2.33. The molecule has 108 valence electrons. The Morgan fingerprint density at radius 3 is 2.90 bits per heavy atom. The summed E-state index contributed by atoms with van der Waals surface area (Å²) in [4.78, 5) is 0. The lowest BCUT2D eigenvalue weighted by Crippen LogP contribution is -2.35. The number of ether oxygens (including phenoxy) is 1. The van der Waals surface area contributed by atoms with Crippen LogP contribution in [0.5, 0.6) is 0 Å². The third-order valence-corrected chi connectivity index (χ3v) is 4.82. The Morgan fingerprint density at radius 1 is 1.10 bits per heavy atom. The van der Waals surface area contributed by atoms with Crippen molar-refractivity contribution in [1.29, 1.82) is 0 Å². The van der Waals surface area contributed by atoms with Crippen molar-refractivity contribution in [2.24, 2.45) is 5.92 Å². The van der Waals surface area contributed by atoms with Gasteiger partial charge < -0.3 is 10.1 Å². The highest BCUT2D eigenvalue weighted by atomic mass is 35.5. The first-order valence-electron chi connectivity index (χ1n) is 7.55. The summed E-state index contributed by atoms with van der Waals surface area (Å²) in [6.07, 6.45) is 2.51. The van der Waals surface area contributed by atoms with Crippen LogP contribution in [0.15, 0.2) is 48.5 Å². The van der Waals surface area contributed by atoms with Gasteiger partial charge in [-0.1, -0.05) is 41.9 Å². The normalized spacial score (nSPS) is 27.4. The highest BCUT2D eigenvalue weighted by Crippen LogP contribution is 2.49. The molecule has 2 aromatic carbocycles. The lowest BCUT2D eigenvalue weighted by Gasteiger charge is -2.43. The predicted molar refractivity (Wildman–Crippen MR) is 85.7 cm³/mol. The van der Waals surface area contributed by atoms with Gasteiger partial charge in [-0.2, -0.15) is 0 Å². The lowest BCUT2D eigenvalue weighted by molar-refractivity contribution is -0.0381. The average molecular weight is 300 g/mol. The molecule has 3 atom stereocenters. The van der Waals surface area contributed by atoms with Gasteiger partial charge in [0.2, 0.25) is 0 Å². The van der Waals surface area contributed by atoms with Crippen LogP contribution in [0.1, 0.15) is 36.1 Å². The molecule has 0 spiro atoms. The van der Waals surface area contributed by atoms with Gasteiger partial charge in [-0.3, -0.25) is 0 Å². The van der Waals surface area contributed by atoms with Gasteiger partial charge in [0.1, 0.15) is 0 Å². The second-order valence-corrected chi connectivity index (χ2v) is 6.30. The minimum absolute atomic E-state index is 0.195. The number of para-hydroxylation sites is 1. The SMILES string of the molecule is Clc1cccc([C@H]2Nc3ccccc3[C@H]3OCCC[C@@H]23)c1. The summed E-state index contributed by atoms with van der Waals surface area (Å²) in [7, 11) is 0. The van der Waals surface area contributed by atoms with Crippen LogP contribution < -0.4 is 5.32 Å². The van der Waals surface area contributed by atoms with Crippen LogP contribution in [0.4, 0.5) is 5.69 Å². The average Bonchev–Trinajstić information content (AvgIpc) is 2.54. The van der Waals surface area contributed by atoms with Crippen LogP contribution >= 0.6 is 11.6 Å². The second-order valence-electron chi connectivity index (χ2n) is 5.86. The number of anilines is 1. The lowest BCUT2D eigenvalue weighted by atomic mass is 9.77.